The summed E-state index contributed by atoms with van der Waals surface area (Å²) in [5, 5.41) is 0. The van der Waals surface area contributed by atoms with Crippen LogP contribution in [-0.2, 0) is 0 Å². The minimum atomic E-state index is 0.505. The van der Waals surface area contributed by atoms with Gasteiger partial charge < -0.3 is 5.73 Å². The molecule has 0 aromatic carbocycles. The van der Waals surface area contributed by atoms with E-state index >= 15 is 0 Å². The number of fused-ring (bicyclic) bond motifs is 1. The van der Waals surface area contributed by atoms with E-state index in [0.29, 0.717) is 5.82 Å². The second-order valence-corrected chi connectivity index (χ2v) is 4.94. The molecule has 0 bridgehead atoms. The number of allylic oxidation sites excluding steroid dienone is 4. The lowest BCUT2D eigenvalue weighted by Crippen LogP contribution is -1.96. The standard InChI is InChI=1S/C16H13N5/c17-15-6-5-12(7-19-15)13-10-21-14(11-3-1-2-4-11)8-20-16(21)9-18-13/h1-3,5-10H,4H2,(H2,17,19). The molecule has 0 atom stereocenters. The summed E-state index contributed by atoms with van der Waals surface area (Å²) in [4.78, 5) is 13.0. The van der Waals surface area contributed by atoms with Crippen LogP contribution < -0.4 is 5.73 Å². The molecule has 5 heteroatoms. The smallest absolute Gasteiger partial charge is 0.155 e. The minimum absolute atomic E-state index is 0.505. The van der Waals surface area contributed by atoms with E-state index in [1.807, 2.05) is 18.5 Å². The monoisotopic (exact) mass is 275 g/mol. The molecule has 5 nitrogen and oxygen atoms in total. The van der Waals surface area contributed by atoms with Crippen molar-refractivity contribution in [3.63, 3.8) is 0 Å². The highest BCUT2D eigenvalue weighted by atomic mass is 15.0. The highest BCUT2D eigenvalue weighted by Crippen LogP contribution is 2.25. The first-order valence-corrected chi connectivity index (χ1v) is 6.72. The number of anilines is 1. The number of hydrogen-bond acceptors (Lipinski definition) is 4. The SMILES string of the molecule is Nc1ccc(-c2cn3c(C4=CC=CC4)cnc3cn2)cn1. The lowest BCUT2D eigenvalue weighted by molar-refractivity contribution is 1.10. The zero-order valence-electron chi connectivity index (χ0n) is 11.3. The Morgan fingerprint density at radius 1 is 1.05 bits per heavy atom. The first kappa shape index (κ1) is 11.8. The normalized spacial score (nSPS) is 13.8. The van der Waals surface area contributed by atoms with E-state index in [9.17, 15) is 0 Å². The van der Waals surface area contributed by atoms with E-state index < -0.39 is 0 Å². The highest BCUT2D eigenvalue weighted by Gasteiger charge is 2.11. The zero-order chi connectivity index (χ0) is 14.2. The van der Waals surface area contributed by atoms with Crippen LogP contribution in [0.1, 0.15) is 12.1 Å². The summed E-state index contributed by atoms with van der Waals surface area (Å²) in [5.41, 5.74) is 10.6. The van der Waals surface area contributed by atoms with Gasteiger partial charge in [-0.1, -0.05) is 18.2 Å². The van der Waals surface area contributed by atoms with Crippen molar-refractivity contribution in [1.29, 1.82) is 0 Å². The molecule has 1 aliphatic carbocycles. The van der Waals surface area contributed by atoms with E-state index in [-0.39, 0.29) is 0 Å². The molecular weight excluding hydrogens is 262 g/mol. The molecule has 0 radical (unpaired) electrons. The van der Waals surface area contributed by atoms with Gasteiger partial charge in [-0.05, 0) is 24.1 Å². The number of aromatic nitrogens is 4. The van der Waals surface area contributed by atoms with Gasteiger partial charge in [-0.25, -0.2) is 9.97 Å². The largest absolute Gasteiger partial charge is 0.384 e. The van der Waals surface area contributed by atoms with Gasteiger partial charge in [-0.15, -0.1) is 0 Å². The summed E-state index contributed by atoms with van der Waals surface area (Å²) >= 11 is 0. The molecule has 0 amide bonds. The van der Waals surface area contributed by atoms with Crippen LogP contribution in [0, 0.1) is 0 Å². The molecule has 102 valence electrons. The lowest BCUT2D eigenvalue weighted by Gasteiger charge is -2.05. The summed E-state index contributed by atoms with van der Waals surface area (Å²) in [7, 11) is 0. The van der Waals surface area contributed by atoms with Crippen LogP contribution in [0.3, 0.4) is 0 Å². The van der Waals surface area contributed by atoms with Crippen molar-refractivity contribution < 1.29 is 0 Å². The topological polar surface area (TPSA) is 69.1 Å². The maximum Gasteiger partial charge on any atom is 0.155 e. The summed E-state index contributed by atoms with van der Waals surface area (Å²) in [6, 6.07) is 3.70. The third-order valence-electron chi connectivity index (χ3n) is 3.58. The average Bonchev–Trinajstić information content (AvgIpc) is 3.16. The molecule has 0 fully saturated rings. The molecule has 1 aliphatic rings. The van der Waals surface area contributed by atoms with Crippen molar-refractivity contribution in [2.24, 2.45) is 0 Å². The third kappa shape index (κ3) is 1.99. The molecular formula is C16H13N5. The highest BCUT2D eigenvalue weighted by molar-refractivity contribution is 5.71. The van der Waals surface area contributed by atoms with E-state index in [4.69, 9.17) is 5.73 Å². The van der Waals surface area contributed by atoms with Crippen molar-refractivity contribution >= 4 is 17.0 Å². The molecule has 0 saturated carbocycles. The molecule has 3 aromatic rings. The van der Waals surface area contributed by atoms with Crippen molar-refractivity contribution in [2.45, 2.75) is 6.42 Å². The number of nitrogens with two attached hydrogens (primary N) is 1. The quantitative estimate of drug-likeness (QED) is 0.780. The van der Waals surface area contributed by atoms with Crippen LogP contribution >= 0.6 is 0 Å². The van der Waals surface area contributed by atoms with Gasteiger partial charge in [0, 0.05) is 18.0 Å². The van der Waals surface area contributed by atoms with Gasteiger partial charge in [0.15, 0.2) is 5.65 Å². The second-order valence-electron chi connectivity index (χ2n) is 4.94. The van der Waals surface area contributed by atoms with Crippen LogP contribution in [0.4, 0.5) is 5.82 Å². The first-order valence-electron chi connectivity index (χ1n) is 6.72. The summed E-state index contributed by atoms with van der Waals surface area (Å²) in [6.07, 6.45) is 14.7. The Labute approximate surface area is 121 Å². The fourth-order valence-corrected chi connectivity index (χ4v) is 2.47. The molecule has 21 heavy (non-hydrogen) atoms. The van der Waals surface area contributed by atoms with Crippen LogP contribution in [0.15, 0.2) is 55.1 Å². The maximum absolute atomic E-state index is 5.62. The molecule has 3 heterocycles. The Kier molecular flexibility index (Phi) is 2.57. The van der Waals surface area contributed by atoms with Crippen LogP contribution in [0.25, 0.3) is 22.5 Å². The predicted octanol–water partition coefficient (Wildman–Crippen LogP) is 2.72. The van der Waals surface area contributed by atoms with Crippen LogP contribution in [0.2, 0.25) is 0 Å². The molecule has 4 rings (SSSR count). The number of pyridine rings is 1. The molecule has 0 spiro atoms. The molecule has 0 aliphatic heterocycles. The van der Waals surface area contributed by atoms with Crippen molar-refractivity contribution in [2.75, 3.05) is 5.73 Å². The summed E-state index contributed by atoms with van der Waals surface area (Å²) < 4.78 is 2.07. The van der Waals surface area contributed by atoms with Gasteiger partial charge in [0.25, 0.3) is 0 Å². The number of imidazole rings is 1. The molecule has 3 aromatic heterocycles. The predicted molar refractivity (Wildman–Crippen MR) is 82.4 cm³/mol. The fraction of sp³-hybridized carbons (Fsp3) is 0.0625. The van der Waals surface area contributed by atoms with Crippen LogP contribution in [-0.4, -0.2) is 19.4 Å². The Hall–Kier alpha value is -2.95. The molecule has 0 saturated heterocycles. The summed E-state index contributed by atoms with van der Waals surface area (Å²) in [6.45, 7) is 0. The number of nitrogens with zero attached hydrogens (tertiary/aromatic N) is 4. The van der Waals surface area contributed by atoms with E-state index in [0.717, 1.165) is 29.0 Å². The van der Waals surface area contributed by atoms with Gasteiger partial charge in [0.05, 0.1) is 23.8 Å². The van der Waals surface area contributed by atoms with Crippen molar-refractivity contribution in [3.8, 4) is 11.3 Å². The minimum Gasteiger partial charge on any atom is -0.384 e. The van der Waals surface area contributed by atoms with Gasteiger partial charge in [-0.3, -0.25) is 9.38 Å². The first-order chi connectivity index (χ1) is 10.3. The van der Waals surface area contributed by atoms with Gasteiger partial charge >= 0.3 is 0 Å². The number of hydrogen-bond donors (Lipinski definition) is 1. The van der Waals surface area contributed by atoms with Gasteiger partial charge in [0.1, 0.15) is 5.82 Å². The van der Waals surface area contributed by atoms with Crippen LogP contribution in [0.5, 0.6) is 0 Å². The Morgan fingerprint density at radius 3 is 2.76 bits per heavy atom. The Morgan fingerprint density at radius 2 is 2.00 bits per heavy atom. The number of nitrogen functional groups attached to an aromatic ring is 1. The third-order valence-corrected chi connectivity index (χ3v) is 3.58. The van der Waals surface area contributed by atoms with Crippen molar-refractivity contribution in [3.05, 3.63) is 60.8 Å². The second kappa shape index (κ2) is 4.56. The van der Waals surface area contributed by atoms with Gasteiger partial charge in [-0.2, -0.15) is 0 Å². The van der Waals surface area contributed by atoms with E-state index in [1.54, 1.807) is 18.5 Å². The maximum atomic E-state index is 5.62. The fourth-order valence-electron chi connectivity index (χ4n) is 2.47. The summed E-state index contributed by atoms with van der Waals surface area (Å²) in [5.74, 6) is 0.505. The Bertz CT molecular complexity index is 871. The van der Waals surface area contributed by atoms with Gasteiger partial charge in [0.2, 0.25) is 0 Å². The van der Waals surface area contributed by atoms with E-state index in [2.05, 4.69) is 37.6 Å². The van der Waals surface area contributed by atoms with Crippen molar-refractivity contribution in [1.82, 2.24) is 19.4 Å². The molecule has 2 N–H and O–H groups in total. The Balaban J connectivity index is 1.85. The van der Waals surface area contributed by atoms with E-state index in [1.165, 1.54) is 5.57 Å². The number of rotatable bonds is 2. The zero-order valence-corrected chi connectivity index (χ0v) is 11.3. The molecule has 0 unspecified atom stereocenters. The lowest BCUT2D eigenvalue weighted by atomic mass is 10.2. The average molecular weight is 275 g/mol.